The highest BCUT2D eigenvalue weighted by atomic mass is 16.2. The number of hydrogen-bond donors (Lipinski definition) is 2. The van der Waals surface area contributed by atoms with Gasteiger partial charge in [-0.15, -0.1) is 0 Å². The van der Waals surface area contributed by atoms with E-state index in [-0.39, 0.29) is 30.3 Å². The normalized spacial score (nSPS) is 22.5. The van der Waals surface area contributed by atoms with Gasteiger partial charge >= 0.3 is 0 Å². The van der Waals surface area contributed by atoms with Gasteiger partial charge in [0.1, 0.15) is 12.4 Å². The molecule has 2 aliphatic rings. The number of carbonyl (C=O) groups is 3. The third-order valence-electron chi connectivity index (χ3n) is 4.83. The molecule has 9 heteroatoms. The minimum absolute atomic E-state index is 0.0715. The van der Waals surface area contributed by atoms with Gasteiger partial charge in [-0.2, -0.15) is 5.10 Å². The quantitative estimate of drug-likeness (QED) is 0.782. The van der Waals surface area contributed by atoms with Crippen molar-refractivity contribution in [2.24, 2.45) is 0 Å². The number of H-pyrrole nitrogens is 1. The Bertz CT molecular complexity index is 848. The van der Waals surface area contributed by atoms with Crippen LogP contribution in [-0.4, -0.2) is 74.9 Å². The molecular weight excluding hydrogens is 336 g/mol. The fourth-order valence-corrected chi connectivity index (χ4v) is 3.47. The first-order chi connectivity index (χ1) is 12.5. The summed E-state index contributed by atoms with van der Waals surface area (Å²) in [7, 11) is 1.62. The predicted molar refractivity (Wildman–Crippen MR) is 90.8 cm³/mol. The van der Waals surface area contributed by atoms with Crippen LogP contribution in [0.4, 0.5) is 0 Å². The number of amides is 3. The van der Waals surface area contributed by atoms with E-state index in [2.05, 4.69) is 20.5 Å². The Morgan fingerprint density at radius 3 is 2.73 bits per heavy atom. The standard InChI is InChI=1S/C17H18N6O3/c1-22-8-14(24)23-7-12(6-13(23)17(22)26)20-16(25)11-4-2-10(3-5-11)15-18-9-19-21-15/h2-5,9,12-13H,6-8H2,1H3,(H,20,25)(H,18,19,21)/t12-,13-/m0/s1. The molecule has 4 rings (SSSR count). The highest BCUT2D eigenvalue weighted by Gasteiger charge is 2.44. The minimum atomic E-state index is -0.472. The van der Waals surface area contributed by atoms with E-state index in [1.807, 2.05) is 0 Å². The number of carbonyl (C=O) groups excluding carboxylic acids is 3. The third kappa shape index (κ3) is 2.81. The molecule has 0 bridgehead atoms. The van der Waals surface area contributed by atoms with Gasteiger partial charge < -0.3 is 15.1 Å². The number of nitrogens with zero attached hydrogens (tertiary/aromatic N) is 4. The van der Waals surface area contributed by atoms with Crippen molar-refractivity contribution in [1.82, 2.24) is 30.3 Å². The maximum absolute atomic E-state index is 12.5. The summed E-state index contributed by atoms with van der Waals surface area (Å²) in [5.74, 6) is 0.251. The fourth-order valence-electron chi connectivity index (χ4n) is 3.47. The van der Waals surface area contributed by atoms with Crippen LogP contribution < -0.4 is 5.32 Å². The number of hydrogen-bond acceptors (Lipinski definition) is 5. The zero-order valence-corrected chi connectivity index (χ0v) is 14.2. The van der Waals surface area contributed by atoms with Crippen molar-refractivity contribution in [2.75, 3.05) is 20.1 Å². The Morgan fingerprint density at radius 2 is 2.04 bits per heavy atom. The Kier molecular flexibility index (Phi) is 3.90. The van der Waals surface area contributed by atoms with Crippen LogP contribution in [0.5, 0.6) is 0 Å². The van der Waals surface area contributed by atoms with E-state index < -0.39 is 6.04 Å². The van der Waals surface area contributed by atoms with Gasteiger partial charge in [-0.3, -0.25) is 19.5 Å². The molecule has 9 nitrogen and oxygen atoms in total. The van der Waals surface area contributed by atoms with Crippen LogP contribution >= 0.6 is 0 Å². The number of benzene rings is 1. The first-order valence-corrected chi connectivity index (χ1v) is 8.34. The summed E-state index contributed by atoms with van der Waals surface area (Å²) in [6, 6.07) is 6.28. The Morgan fingerprint density at radius 1 is 1.27 bits per heavy atom. The molecule has 0 unspecified atom stereocenters. The van der Waals surface area contributed by atoms with Gasteiger partial charge in [0.05, 0.1) is 6.54 Å². The molecule has 3 heterocycles. The lowest BCUT2D eigenvalue weighted by Gasteiger charge is -2.33. The van der Waals surface area contributed by atoms with Gasteiger partial charge in [0.2, 0.25) is 11.8 Å². The molecule has 3 amide bonds. The predicted octanol–water partition coefficient (Wildman–Crippen LogP) is -0.357. The number of nitrogens with one attached hydrogen (secondary N) is 2. The van der Waals surface area contributed by atoms with Crippen LogP contribution in [0.25, 0.3) is 11.4 Å². The summed E-state index contributed by atoms with van der Waals surface area (Å²) in [6.45, 7) is 0.462. The molecule has 2 atom stereocenters. The average molecular weight is 354 g/mol. The van der Waals surface area contributed by atoms with Crippen LogP contribution in [-0.2, 0) is 9.59 Å². The molecule has 2 N–H and O–H groups in total. The van der Waals surface area contributed by atoms with E-state index in [1.54, 1.807) is 36.2 Å². The molecule has 0 spiro atoms. The van der Waals surface area contributed by atoms with Gasteiger partial charge in [0, 0.05) is 30.8 Å². The lowest BCUT2D eigenvalue weighted by molar-refractivity contribution is -0.152. The zero-order valence-electron chi connectivity index (χ0n) is 14.2. The Balaban J connectivity index is 1.42. The lowest BCUT2D eigenvalue weighted by Crippen LogP contribution is -2.55. The van der Waals surface area contributed by atoms with Crippen LogP contribution in [0.2, 0.25) is 0 Å². The second kappa shape index (κ2) is 6.25. The van der Waals surface area contributed by atoms with Crippen LogP contribution in [0, 0.1) is 0 Å². The molecule has 0 saturated carbocycles. The van der Waals surface area contributed by atoms with Crippen molar-refractivity contribution in [3.05, 3.63) is 36.2 Å². The summed E-state index contributed by atoms with van der Waals surface area (Å²) < 4.78 is 0. The van der Waals surface area contributed by atoms with E-state index in [9.17, 15) is 14.4 Å². The third-order valence-corrected chi connectivity index (χ3v) is 4.83. The van der Waals surface area contributed by atoms with Crippen molar-refractivity contribution in [3.8, 4) is 11.4 Å². The summed E-state index contributed by atoms with van der Waals surface area (Å²) in [5.41, 5.74) is 1.34. The van der Waals surface area contributed by atoms with Crippen LogP contribution in [0.1, 0.15) is 16.8 Å². The van der Waals surface area contributed by atoms with E-state index in [1.165, 1.54) is 11.2 Å². The topological polar surface area (TPSA) is 111 Å². The van der Waals surface area contributed by atoms with Gasteiger partial charge in [-0.1, -0.05) is 12.1 Å². The summed E-state index contributed by atoms with van der Waals surface area (Å²) in [5, 5.41) is 9.49. The summed E-state index contributed by atoms with van der Waals surface area (Å²) >= 11 is 0. The molecule has 0 radical (unpaired) electrons. The zero-order chi connectivity index (χ0) is 18.3. The maximum Gasteiger partial charge on any atom is 0.251 e. The van der Waals surface area contributed by atoms with Crippen molar-refractivity contribution in [1.29, 1.82) is 0 Å². The van der Waals surface area contributed by atoms with E-state index in [4.69, 9.17) is 0 Å². The molecule has 2 saturated heterocycles. The summed E-state index contributed by atoms with van der Waals surface area (Å²) in [4.78, 5) is 43.9. The first-order valence-electron chi connectivity index (χ1n) is 8.34. The van der Waals surface area contributed by atoms with Crippen molar-refractivity contribution >= 4 is 17.7 Å². The first kappa shape index (κ1) is 16.2. The van der Waals surface area contributed by atoms with Crippen LogP contribution in [0.3, 0.4) is 0 Å². The molecule has 2 aromatic rings. The largest absolute Gasteiger partial charge is 0.347 e. The number of fused-ring (bicyclic) bond motifs is 1. The second-order valence-corrected chi connectivity index (χ2v) is 6.57. The van der Waals surface area contributed by atoms with Crippen molar-refractivity contribution < 1.29 is 14.4 Å². The molecule has 2 fully saturated rings. The highest BCUT2D eigenvalue weighted by Crippen LogP contribution is 2.24. The van der Waals surface area contributed by atoms with Gasteiger partial charge in [0.15, 0.2) is 5.82 Å². The Labute approximate surface area is 149 Å². The molecule has 134 valence electrons. The van der Waals surface area contributed by atoms with E-state index in [0.29, 0.717) is 24.4 Å². The number of likely N-dealkylation sites (N-methyl/N-ethyl adjacent to an activating group) is 1. The van der Waals surface area contributed by atoms with Crippen LogP contribution in [0.15, 0.2) is 30.6 Å². The number of piperazine rings is 1. The highest BCUT2D eigenvalue weighted by molar-refractivity contribution is 5.97. The van der Waals surface area contributed by atoms with E-state index in [0.717, 1.165) is 5.56 Å². The molecule has 26 heavy (non-hydrogen) atoms. The molecular formula is C17H18N6O3. The molecule has 1 aromatic heterocycles. The SMILES string of the molecule is CN1CC(=O)N2C[C@@H](NC(=O)c3ccc(-c4ncn[nH]4)cc3)C[C@H]2C1=O. The Hall–Kier alpha value is -3.23. The number of aromatic nitrogens is 3. The number of aromatic amines is 1. The van der Waals surface area contributed by atoms with E-state index >= 15 is 0 Å². The fraction of sp³-hybridized carbons (Fsp3) is 0.353. The van der Waals surface area contributed by atoms with Crippen molar-refractivity contribution in [2.45, 2.75) is 18.5 Å². The monoisotopic (exact) mass is 354 g/mol. The molecule has 2 aliphatic heterocycles. The maximum atomic E-state index is 12.5. The lowest BCUT2D eigenvalue weighted by atomic mass is 10.1. The minimum Gasteiger partial charge on any atom is -0.347 e. The average Bonchev–Trinajstić information content (AvgIpc) is 3.30. The molecule has 0 aliphatic carbocycles. The number of rotatable bonds is 3. The smallest absolute Gasteiger partial charge is 0.251 e. The summed E-state index contributed by atoms with van der Waals surface area (Å²) in [6.07, 6.45) is 1.86. The molecule has 1 aromatic carbocycles. The second-order valence-electron chi connectivity index (χ2n) is 6.57. The van der Waals surface area contributed by atoms with Gasteiger partial charge in [0.25, 0.3) is 5.91 Å². The van der Waals surface area contributed by atoms with Gasteiger partial charge in [-0.25, -0.2) is 4.98 Å². The van der Waals surface area contributed by atoms with Gasteiger partial charge in [-0.05, 0) is 18.6 Å². The van der Waals surface area contributed by atoms with Crippen molar-refractivity contribution in [3.63, 3.8) is 0 Å².